The molecule has 3 heteroatoms. The zero-order chi connectivity index (χ0) is 11.4. The molecule has 0 aromatic rings. The summed E-state index contributed by atoms with van der Waals surface area (Å²) in [6.07, 6.45) is 1.01. The number of amides is 1. The minimum Gasteiger partial charge on any atom is -0.356 e. The van der Waals surface area contributed by atoms with Crippen molar-refractivity contribution in [3.63, 3.8) is 0 Å². The van der Waals surface area contributed by atoms with E-state index in [1.54, 1.807) is 6.92 Å². The van der Waals surface area contributed by atoms with E-state index in [1.807, 2.05) is 0 Å². The number of hydrogen-bond acceptors (Lipinski definition) is 2. The normalized spacial score (nSPS) is 12.7. The molecular weight excluding hydrogens is 176 g/mol. The summed E-state index contributed by atoms with van der Waals surface area (Å²) in [6.45, 7) is 11.6. The maximum absolute atomic E-state index is 10.8. The molecule has 84 valence electrons. The summed E-state index contributed by atoms with van der Waals surface area (Å²) in [7, 11) is 0. The molecule has 1 amide bonds. The molecule has 0 rings (SSSR count). The van der Waals surface area contributed by atoms with Crippen LogP contribution < -0.4 is 11.1 Å². The maximum Gasteiger partial charge on any atom is 0.216 e. The Kier molecular flexibility index (Phi) is 4.59. The highest BCUT2D eigenvalue weighted by Gasteiger charge is 2.27. The summed E-state index contributed by atoms with van der Waals surface area (Å²) in [5.74, 6) is 0.0311. The minimum absolute atomic E-state index is 0.0311. The number of carbonyl (C=O) groups excluding carboxylic acids is 1. The lowest BCUT2D eigenvalue weighted by molar-refractivity contribution is -0.119. The molecule has 0 fully saturated rings. The van der Waals surface area contributed by atoms with Gasteiger partial charge in [-0.25, -0.2) is 0 Å². The van der Waals surface area contributed by atoms with Crippen molar-refractivity contribution < 1.29 is 4.79 Å². The summed E-state index contributed by atoms with van der Waals surface area (Å²) in [4.78, 5) is 10.8. The highest BCUT2D eigenvalue weighted by Crippen LogP contribution is 2.32. The van der Waals surface area contributed by atoms with E-state index in [0.29, 0.717) is 13.1 Å². The lowest BCUT2D eigenvalue weighted by atomic mass is 9.75. The van der Waals surface area contributed by atoms with Gasteiger partial charge in [-0.15, -0.1) is 0 Å². The first kappa shape index (κ1) is 13.4. The Balaban J connectivity index is 4.12. The summed E-state index contributed by atoms with van der Waals surface area (Å²) in [6, 6.07) is 0. The van der Waals surface area contributed by atoms with E-state index in [2.05, 4.69) is 33.0 Å². The molecule has 0 saturated carbocycles. The molecule has 0 radical (unpaired) electrons. The van der Waals surface area contributed by atoms with Gasteiger partial charge in [0.2, 0.25) is 5.91 Å². The van der Waals surface area contributed by atoms with Gasteiger partial charge in [0, 0.05) is 13.5 Å². The maximum atomic E-state index is 10.8. The standard InChI is InChI=1S/C11H24N2O/c1-9(14)13-8-11(4,5)6-10(2,3)7-12/h6-8,12H2,1-5H3,(H,13,14). The van der Waals surface area contributed by atoms with Crippen molar-refractivity contribution in [1.82, 2.24) is 5.32 Å². The van der Waals surface area contributed by atoms with Crippen LogP contribution in [-0.4, -0.2) is 19.0 Å². The number of nitrogens with two attached hydrogens (primary N) is 1. The molecule has 0 aromatic heterocycles. The Morgan fingerprint density at radius 2 is 1.71 bits per heavy atom. The van der Waals surface area contributed by atoms with Crippen molar-refractivity contribution in [1.29, 1.82) is 0 Å². The van der Waals surface area contributed by atoms with Crippen LogP contribution in [0.4, 0.5) is 0 Å². The third-order valence-corrected chi connectivity index (χ3v) is 2.33. The molecule has 0 bridgehead atoms. The zero-order valence-electron chi connectivity index (χ0n) is 10.1. The first-order valence-corrected chi connectivity index (χ1v) is 5.13. The summed E-state index contributed by atoms with van der Waals surface area (Å²) in [5.41, 5.74) is 5.93. The molecule has 0 aliphatic rings. The van der Waals surface area contributed by atoms with E-state index in [-0.39, 0.29) is 16.7 Å². The summed E-state index contributed by atoms with van der Waals surface area (Å²) >= 11 is 0. The minimum atomic E-state index is 0.0311. The zero-order valence-corrected chi connectivity index (χ0v) is 10.1. The van der Waals surface area contributed by atoms with Crippen molar-refractivity contribution >= 4 is 5.91 Å². The lowest BCUT2D eigenvalue weighted by Crippen LogP contribution is -2.37. The van der Waals surface area contributed by atoms with Crippen LogP contribution in [-0.2, 0) is 4.79 Å². The molecule has 0 spiro atoms. The van der Waals surface area contributed by atoms with Gasteiger partial charge in [-0.05, 0) is 23.8 Å². The van der Waals surface area contributed by atoms with Gasteiger partial charge < -0.3 is 11.1 Å². The first-order chi connectivity index (χ1) is 6.18. The van der Waals surface area contributed by atoms with E-state index in [1.165, 1.54) is 0 Å². The molecule has 0 unspecified atom stereocenters. The molecule has 0 saturated heterocycles. The topological polar surface area (TPSA) is 55.1 Å². The van der Waals surface area contributed by atoms with E-state index in [4.69, 9.17) is 5.73 Å². The molecule has 0 atom stereocenters. The van der Waals surface area contributed by atoms with Gasteiger partial charge in [0.1, 0.15) is 0 Å². The highest BCUT2D eigenvalue weighted by molar-refractivity contribution is 5.72. The SMILES string of the molecule is CC(=O)NCC(C)(C)CC(C)(C)CN. The quantitative estimate of drug-likeness (QED) is 0.707. The van der Waals surface area contributed by atoms with E-state index in [9.17, 15) is 4.79 Å². The van der Waals surface area contributed by atoms with Crippen molar-refractivity contribution in [3.8, 4) is 0 Å². The first-order valence-electron chi connectivity index (χ1n) is 5.13. The van der Waals surface area contributed by atoms with Crippen LogP contribution in [0.25, 0.3) is 0 Å². The lowest BCUT2D eigenvalue weighted by Gasteiger charge is -2.34. The third kappa shape index (κ3) is 5.97. The summed E-state index contributed by atoms with van der Waals surface area (Å²) < 4.78 is 0. The van der Waals surface area contributed by atoms with Gasteiger partial charge in [-0.3, -0.25) is 4.79 Å². The van der Waals surface area contributed by atoms with Gasteiger partial charge in [-0.1, -0.05) is 27.7 Å². The molecule has 3 nitrogen and oxygen atoms in total. The Bertz CT molecular complexity index is 197. The molecule has 0 heterocycles. The molecule has 0 aromatic carbocycles. The molecular formula is C11H24N2O. The highest BCUT2D eigenvalue weighted by atomic mass is 16.1. The van der Waals surface area contributed by atoms with Crippen LogP contribution in [0.3, 0.4) is 0 Å². The third-order valence-electron chi connectivity index (χ3n) is 2.33. The van der Waals surface area contributed by atoms with Crippen molar-refractivity contribution in [2.75, 3.05) is 13.1 Å². The fraction of sp³-hybridized carbons (Fsp3) is 0.909. The summed E-state index contributed by atoms with van der Waals surface area (Å²) in [5, 5.41) is 2.85. The van der Waals surface area contributed by atoms with Gasteiger partial charge >= 0.3 is 0 Å². The number of carbonyl (C=O) groups is 1. The van der Waals surface area contributed by atoms with Crippen molar-refractivity contribution in [2.24, 2.45) is 16.6 Å². The van der Waals surface area contributed by atoms with Crippen LogP contribution in [0.15, 0.2) is 0 Å². The second kappa shape index (κ2) is 4.78. The smallest absolute Gasteiger partial charge is 0.216 e. The Hall–Kier alpha value is -0.570. The fourth-order valence-corrected chi connectivity index (χ4v) is 1.79. The van der Waals surface area contributed by atoms with E-state index >= 15 is 0 Å². The van der Waals surface area contributed by atoms with Crippen LogP contribution in [0.2, 0.25) is 0 Å². The van der Waals surface area contributed by atoms with Gasteiger partial charge in [-0.2, -0.15) is 0 Å². The molecule has 0 aliphatic heterocycles. The number of rotatable bonds is 5. The molecule has 14 heavy (non-hydrogen) atoms. The fourth-order valence-electron chi connectivity index (χ4n) is 1.79. The predicted molar refractivity (Wildman–Crippen MR) is 59.9 cm³/mol. The van der Waals surface area contributed by atoms with Gasteiger partial charge in [0.25, 0.3) is 0 Å². The van der Waals surface area contributed by atoms with Crippen LogP contribution in [0, 0.1) is 10.8 Å². The number of hydrogen-bond donors (Lipinski definition) is 2. The van der Waals surface area contributed by atoms with Gasteiger partial charge in [0.05, 0.1) is 0 Å². The Labute approximate surface area is 87.4 Å². The van der Waals surface area contributed by atoms with Crippen LogP contribution >= 0.6 is 0 Å². The molecule has 3 N–H and O–H groups in total. The van der Waals surface area contributed by atoms with Crippen LogP contribution in [0.5, 0.6) is 0 Å². The van der Waals surface area contributed by atoms with Crippen molar-refractivity contribution in [3.05, 3.63) is 0 Å². The average molecular weight is 200 g/mol. The Morgan fingerprint density at radius 1 is 1.21 bits per heavy atom. The largest absolute Gasteiger partial charge is 0.356 e. The van der Waals surface area contributed by atoms with Crippen LogP contribution in [0.1, 0.15) is 41.0 Å². The van der Waals surface area contributed by atoms with E-state index < -0.39 is 0 Å². The number of nitrogens with one attached hydrogen (secondary N) is 1. The average Bonchev–Trinajstić information content (AvgIpc) is 1.99. The monoisotopic (exact) mass is 200 g/mol. The second-order valence-corrected chi connectivity index (χ2v) is 5.62. The second-order valence-electron chi connectivity index (χ2n) is 5.62. The predicted octanol–water partition coefficient (Wildman–Crippen LogP) is 1.52. The van der Waals surface area contributed by atoms with Crippen molar-refractivity contribution in [2.45, 2.75) is 41.0 Å². The Morgan fingerprint density at radius 3 is 2.07 bits per heavy atom. The van der Waals surface area contributed by atoms with Gasteiger partial charge in [0.15, 0.2) is 0 Å². The molecule has 0 aliphatic carbocycles. The van der Waals surface area contributed by atoms with E-state index in [0.717, 1.165) is 6.42 Å².